The number of rotatable bonds is 7. The van der Waals surface area contributed by atoms with Crippen molar-refractivity contribution in [1.82, 2.24) is 0 Å². The molecule has 0 saturated heterocycles. The standard InChI is InChI=1S/C10H19AsO2/c1-3-4-7-11-8-5-6-9(2)10(12)13/h6,11H,3-5,7-8H2,1-2H3,(H,12,13). The fourth-order valence-corrected chi connectivity index (χ4v) is 3.43. The van der Waals surface area contributed by atoms with Crippen molar-refractivity contribution in [1.29, 1.82) is 0 Å². The van der Waals surface area contributed by atoms with Crippen molar-refractivity contribution in [3.05, 3.63) is 11.6 Å². The zero-order valence-electron chi connectivity index (χ0n) is 8.47. The van der Waals surface area contributed by atoms with Crippen LogP contribution < -0.4 is 0 Å². The molecule has 0 aliphatic rings. The van der Waals surface area contributed by atoms with E-state index in [1.807, 2.05) is 6.08 Å². The molecule has 0 rings (SSSR count). The van der Waals surface area contributed by atoms with Crippen LogP contribution in [0.3, 0.4) is 0 Å². The first-order valence-electron chi connectivity index (χ1n) is 4.79. The van der Waals surface area contributed by atoms with Crippen LogP contribution in [0.5, 0.6) is 0 Å². The van der Waals surface area contributed by atoms with E-state index in [0.29, 0.717) is 5.57 Å². The Labute approximate surface area is 87.1 Å². The number of hydrogen-bond acceptors (Lipinski definition) is 1. The van der Waals surface area contributed by atoms with Gasteiger partial charge in [0.15, 0.2) is 0 Å². The molecule has 0 aliphatic heterocycles. The number of carboxylic acids is 1. The molecular weight excluding hydrogens is 227 g/mol. The van der Waals surface area contributed by atoms with Crippen LogP contribution >= 0.6 is 0 Å². The van der Waals surface area contributed by atoms with Crippen molar-refractivity contribution in [3.63, 3.8) is 0 Å². The zero-order chi connectivity index (χ0) is 10.1. The van der Waals surface area contributed by atoms with Crippen LogP contribution in [0.2, 0.25) is 10.4 Å². The fraction of sp³-hybridized carbons (Fsp3) is 0.700. The minimum atomic E-state index is -0.784. The molecule has 1 atom stereocenters. The van der Waals surface area contributed by atoms with Crippen molar-refractivity contribution in [3.8, 4) is 0 Å². The van der Waals surface area contributed by atoms with Gasteiger partial charge in [-0.05, 0) is 0 Å². The molecule has 0 aromatic heterocycles. The Bertz CT molecular complexity index is 176. The van der Waals surface area contributed by atoms with Gasteiger partial charge < -0.3 is 0 Å². The van der Waals surface area contributed by atoms with Crippen LogP contribution in [0.15, 0.2) is 11.6 Å². The van der Waals surface area contributed by atoms with E-state index in [4.69, 9.17) is 5.11 Å². The molecule has 0 aromatic carbocycles. The minimum absolute atomic E-state index is 0.208. The Morgan fingerprint density at radius 3 is 2.69 bits per heavy atom. The molecule has 2 nitrogen and oxygen atoms in total. The number of carbonyl (C=O) groups is 1. The first-order valence-corrected chi connectivity index (χ1v) is 7.76. The average Bonchev–Trinajstić information content (AvgIpc) is 2.10. The average molecular weight is 246 g/mol. The summed E-state index contributed by atoms with van der Waals surface area (Å²) in [5, 5.41) is 11.2. The van der Waals surface area contributed by atoms with Crippen molar-refractivity contribution in [2.24, 2.45) is 0 Å². The predicted molar refractivity (Wildman–Crippen MR) is 57.7 cm³/mol. The van der Waals surface area contributed by atoms with Crippen molar-refractivity contribution < 1.29 is 9.90 Å². The Morgan fingerprint density at radius 1 is 1.46 bits per heavy atom. The van der Waals surface area contributed by atoms with Gasteiger partial charge in [0.05, 0.1) is 0 Å². The second-order valence-corrected chi connectivity index (χ2v) is 6.23. The Morgan fingerprint density at radius 2 is 2.15 bits per heavy atom. The maximum atomic E-state index is 10.4. The van der Waals surface area contributed by atoms with Crippen LogP contribution in [0.1, 0.15) is 33.1 Å². The molecule has 0 heterocycles. The molecule has 0 bridgehead atoms. The van der Waals surface area contributed by atoms with E-state index in [9.17, 15) is 4.79 Å². The molecule has 13 heavy (non-hydrogen) atoms. The summed E-state index contributed by atoms with van der Waals surface area (Å²) >= 11 is 0.208. The molecule has 0 spiro atoms. The Kier molecular flexibility index (Phi) is 8.22. The third-order valence-electron chi connectivity index (χ3n) is 1.82. The van der Waals surface area contributed by atoms with E-state index in [0.717, 1.165) is 6.42 Å². The molecule has 0 amide bonds. The summed E-state index contributed by atoms with van der Waals surface area (Å²) in [7, 11) is 0. The first-order chi connectivity index (χ1) is 6.18. The van der Waals surface area contributed by atoms with E-state index in [-0.39, 0.29) is 15.8 Å². The molecule has 76 valence electrons. The Balaban J connectivity index is 3.34. The number of carboxylic acid groups (broad SMARTS) is 1. The summed E-state index contributed by atoms with van der Waals surface area (Å²) in [5.74, 6) is -0.784. The number of allylic oxidation sites excluding steroid dienone is 1. The number of unbranched alkanes of at least 4 members (excludes halogenated alkanes) is 1. The zero-order valence-corrected chi connectivity index (χ0v) is 10.6. The van der Waals surface area contributed by atoms with E-state index in [1.165, 1.54) is 23.3 Å². The predicted octanol–water partition coefficient (Wildman–Crippen LogP) is 2.48. The summed E-state index contributed by atoms with van der Waals surface area (Å²) in [6.45, 7) is 3.87. The van der Waals surface area contributed by atoms with Crippen LogP contribution in [0, 0.1) is 0 Å². The Hall–Kier alpha value is -0.232. The topological polar surface area (TPSA) is 37.3 Å². The molecule has 0 radical (unpaired) electrons. The summed E-state index contributed by atoms with van der Waals surface area (Å²) in [4.78, 5) is 10.4. The number of aliphatic carboxylic acids is 1. The van der Waals surface area contributed by atoms with Gasteiger partial charge in [0.1, 0.15) is 0 Å². The van der Waals surface area contributed by atoms with E-state index in [1.54, 1.807) is 6.92 Å². The van der Waals surface area contributed by atoms with E-state index in [2.05, 4.69) is 6.92 Å². The van der Waals surface area contributed by atoms with Crippen LogP contribution in [-0.4, -0.2) is 26.8 Å². The molecule has 0 saturated carbocycles. The van der Waals surface area contributed by atoms with Crippen LogP contribution in [-0.2, 0) is 4.79 Å². The van der Waals surface area contributed by atoms with Gasteiger partial charge in [0.2, 0.25) is 0 Å². The van der Waals surface area contributed by atoms with Crippen molar-refractivity contribution >= 4 is 21.7 Å². The summed E-state index contributed by atoms with van der Waals surface area (Å²) in [5.41, 5.74) is 0.488. The number of hydrogen-bond donors (Lipinski definition) is 1. The second-order valence-electron chi connectivity index (χ2n) is 3.08. The maximum absolute atomic E-state index is 10.4. The van der Waals surface area contributed by atoms with Gasteiger partial charge in [-0.2, -0.15) is 0 Å². The van der Waals surface area contributed by atoms with Gasteiger partial charge in [-0.3, -0.25) is 0 Å². The van der Waals surface area contributed by atoms with Gasteiger partial charge >= 0.3 is 86.8 Å². The van der Waals surface area contributed by atoms with Gasteiger partial charge in [0, 0.05) is 0 Å². The molecule has 1 unspecified atom stereocenters. The van der Waals surface area contributed by atoms with Gasteiger partial charge in [-0.15, -0.1) is 0 Å². The first kappa shape index (κ1) is 12.8. The molecule has 0 fully saturated rings. The molecule has 0 aliphatic carbocycles. The summed E-state index contributed by atoms with van der Waals surface area (Å²) < 4.78 is 0. The third-order valence-corrected chi connectivity index (χ3v) is 4.65. The van der Waals surface area contributed by atoms with Crippen LogP contribution in [0.25, 0.3) is 0 Å². The van der Waals surface area contributed by atoms with Crippen molar-refractivity contribution in [2.45, 2.75) is 43.5 Å². The summed E-state index contributed by atoms with van der Waals surface area (Å²) in [6, 6.07) is 0. The summed E-state index contributed by atoms with van der Waals surface area (Å²) in [6.07, 6.45) is 5.44. The quantitative estimate of drug-likeness (QED) is 0.425. The van der Waals surface area contributed by atoms with E-state index < -0.39 is 5.97 Å². The van der Waals surface area contributed by atoms with Gasteiger partial charge in [0.25, 0.3) is 0 Å². The van der Waals surface area contributed by atoms with Crippen LogP contribution in [0.4, 0.5) is 0 Å². The SMILES string of the molecule is CCCC[AsH]CCC=C(C)C(=O)O. The van der Waals surface area contributed by atoms with Crippen molar-refractivity contribution in [2.75, 3.05) is 0 Å². The van der Waals surface area contributed by atoms with Gasteiger partial charge in [-0.25, -0.2) is 0 Å². The third kappa shape index (κ3) is 8.11. The molecular formula is C10H19AsO2. The molecule has 3 heteroatoms. The normalized spacial score (nSPS) is 12.6. The molecule has 1 N–H and O–H groups in total. The van der Waals surface area contributed by atoms with Gasteiger partial charge in [-0.1, -0.05) is 0 Å². The van der Waals surface area contributed by atoms with E-state index >= 15 is 0 Å². The molecule has 0 aromatic rings. The fourth-order valence-electron chi connectivity index (χ4n) is 0.905. The second kappa shape index (κ2) is 8.37. The monoisotopic (exact) mass is 246 g/mol.